The lowest BCUT2D eigenvalue weighted by atomic mass is 10.2. The molecule has 0 aliphatic rings. The minimum absolute atomic E-state index is 0.0903. The number of hydrogen-bond donors (Lipinski definition) is 1. The van der Waals surface area contributed by atoms with Crippen molar-refractivity contribution in [3.63, 3.8) is 0 Å². The quantitative estimate of drug-likeness (QED) is 0.854. The van der Waals surface area contributed by atoms with Gasteiger partial charge in [-0.2, -0.15) is 13.2 Å². The summed E-state index contributed by atoms with van der Waals surface area (Å²) in [6.45, 7) is 2.93. The fourth-order valence-corrected chi connectivity index (χ4v) is 2.08. The van der Waals surface area contributed by atoms with Crippen molar-refractivity contribution in [3.8, 4) is 0 Å². The molecule has 0 bridgehead atoms. The summed E-state index contributed by atoms with van der Waals surface area (Å²) in [6.07, 6.45) is 0.516. The number of anilines is 2. The van der Waals surface area contributed by atoms with Gasteiger partial charge in [-0.3, -0.25) is 4.79 Å². The number of nitrogens with one attached hydrogen (secondary N) is 1. The molecule has 1 aromatic carbocycles. The predicted octanol–water partition coefficient (Wildman–Crippen LogP) is 3.98. The molecule has 0 unspecified atom stereocenters. The number of hydrogen-bond acceptors (Lipinski definition) is 4. The Morgan fingerprint density at radius 2 is 1.84 bits per heavy atom. The molecule has 8 heteroatoms. The van der Waals surface area contributed by atoms with Gasteiger partial charge in [0.15, 0.2) is 0 Å². The number of carbonyl (C=O) groups excluding carboxylic acids is 1. The Morgan fingerprint density at radius 3 is 2.36 bits per heavy atom. The molecule has 1 N–H and O–H groups in total. The van der Waals surface area contributed by atoms with E-state index in [9.17, 15) is 18.0 Å². The van der Waals surface area contributed by atoms with E-state index < -0.39 is 17.6 Å². The van der Waals surface area contributed by atoms with Crippen LogP contribution in [0.5, 0.6) is 0 Å². The SMILES string of the molecule is CCCCN(C)c1cnc(C(=O)Nc2ccc(C(F)(F)F)cc2)cn1. The van der Waals surface area contributed by atoms with Crippen LogP contribution in [0.15, 0.2) is 36.7 Å². The first kappa shape index (κ1) is 18.7. The van der Waals surface area contributed by atoms with Gasteiger partial charge in [-0.05, 0) is 30.7 Å². The molecule has 0 aliphatic heterocycles. The van der Waals surface area contributed by atoms with Crippen LogP contribution in [0.2, 0.25) is 0 Å². The molecule has 1 amide bonds. The summed E-state index contributed by atoms with van der Waals surface area (Å²) in [7, 11) is 1.89. The highest BCUT2D eigenvalue weighted by atomic mass is 19.4. The van der Waals surface area contributed by atoms with Crippen LogP contribution in [-0.4, -0.2) is 29.5 Å². The molecule has 0 radical (unpaired) electrons. The van der Waals surface area contributed by atoms with E-state index in [1.165, 1.54) is 24.5 Å². The maximum absolute atomic E-state index is 12.5. The minimum Gasteiger partial charge on any atom is -0.358 e. The van der Waals surface area contributed by atoms with Crippen LogP contribution in [-0.2, 0) is 6.18 Å². The Bertz CT molecular complexity index is 699. The normalized spacial score (nSPS) is 11.2. The van der Waals surface area contributed by atoms with Crippen molar-refractivity contribution in [3.05, 3.63) is 47.9 Å². The van der Waals surface area contributed by atoms with E-state index in [4.69, 9.17) is 0 Å². The first-order valence-electron chi connectivity index (χ1n) is 7.83. The van der Waals surface area contributed by atoms with Crippen LogP contribution in [0.4, 0.5) is 24.7 Å². The van der Waals surface area contributed by atoms with E-state index in [2.05, 4.69) is 22.2 Å². The van der Waals surface area contributed by atoms with Crippen LogP contribution in [0.1, 0.15) is 35.8 Å². The maximum Gasteiger partial charge on any atom is 0.416 e. The fourth-order valence-electron chi connectivity index (χ4n) is 2.08. The van der Waals surface area contributed by atoms with E-state index in [-0.39, 0.29) is 11.4 Å². The summed E-state index contributed by atoms with van der Waals surface area (Å²) in [5.74, 6) is 0.120. The second-order valence-corrected chi connectivity index (χ2v) is 5.56. The molecule has 2 aromatic rings. The molecule has 1 aromatic heterocycles. The first-order chi connectivity index (χ1) is 11.8. The van der Waals surface area contributed by atoms with Gasteiger partial charge in [0.1, 0.15) is 11.5 Å². The number of alkyl halides is 3. The molecule has 0 saturated carbocycles. The average Bonchev–Trinajstić information content (AvgIpc) is 2.59. The van der Waals surface area contributed by atoms with Gasteiger partial charge in [-0.1, -0.05) is 13.3 Å². The molecular weight excluding hydrogens is 333 g/mol. The number of aromatic nitrogens is 2. The summed E-state index contributed by atoms with van der Waals surface area (Å²) in [5, 5.41) is 2.50. The summed E-state index contributed by atoms with van der Waals surface area (Å²) in [4.78, 5) is 22.3. The van der Waals surface area contributed by atoms with E-state index in [0.717, 1.165) is 31.5 Å². The monoisotopic (exact) mass is 352 g/mol. The van der Waals surface area contributed by atoms with Gasteiger partial charge in [0, 0.05) is 19.3 Å². The first-order valence-corrected chi connectivity index (χ1v) is 7.83. The Kier molecular flexibility index (Phi) is 5.95. The van der Waals surface area contributed by atoms with Crippen molar-refractivity contribution in [2.24, 2.45) is 0 Å². The van der Waals surface area contributed by atoms with Gasteiger partial charge in [0.25, 0.3) is 5.91 Å². The summed E-state index contributed by atoms with van der Waals surface area (Å²) in [6, 6.07) is 4.21. The molecule has 1 heterocycles. The number of unbranched alkanes of at least 4 members (excludes halogenated alkanes) is 1. The van der Waals surface area contributed by atoms with Crippen LogP contribution < -0.4 is 10.2 Å². The van der Waals surface area contributed by atoms with Gasteiger partial charge in [0.2, 0.25) is 0 Å². The Labute approximate surface area is 143 Å². The number of carbonyl (C=O) groups is 1. The Balaban J connectivity index is 2.01. The Morgan fingerprint density at radius 1 is 1.16 bits per heavy atom. The lowest BCUT2D eigenvalue weighted by Crippen LogP contribution is -2.21. The van der Waals surface area contributed by atoms with Crippen LogP contribution in [0.25, 0.3) is 0 Å². The van der Waals surface area contributed by atoms with Crippen LogP contribution in [0, 0.1) is 0 Å². The van der Waals surface area contributed by atoms with Crippen molar-refractivity contribution in [1.29, 1.82) is 0 Å². The second-order valence-electron chi connectivity index (χ2n) is 5.56. The molecule has 25 heavy (non-hydrogen) atoms. The van der Waals surface area contributed by atoms with E-state index in [1.54, 1.807) is 0 Å². The van der Waals surface area contributed by atoms with E-state index in [1.807, 2.05) is 11.9 Å². The molecule has 0 atom stereocenters. The largest absolute Gasteiger partial charge is 0.416 e. The van der Waals surface area contributed by atoms with Crippen molar-refractivity contribution in [1.82, 2.24) is 9.97 Å². The fraction of sp³-hybridized carbons (Fsp3) is 0.353. The van der Waals surface area contributed by atoms with Gasteiger partial charge < -0.3 is 10.2 Å². The van der Waals surface area contributed by atoms with Gasteiger partial charge >= 0.3 is 6.18 Å². The zero-order valence-corrected chi connectivity index (χ0v) is 14.0. The molecule has 0 spiro atoms. The summed E-state index contributed by atoms with van der Waals surface area (Å²) in [5.41, 5.74) is -0.429. The summed E-state index contributed by atoms with van der Waals surface area (Å²) >= 11 is 0. The van der Waals surface area contributed by atoms with Gasteiger partial charge in [-0.25, -0.2) is 9.97 Å². The molecule has 0 aliphatic carbocycles. The predicted molar refractivity (Wildman–Crippen MR) is 89.6 cm³/mol. The Hall–Kier alpha value is -2.64. The van der Waals surface area contributed by atoms with Crippen molar-refractivity contribution < 1.29 is 18.0 Å². The highest BCUT2D eigenvalue weighted by Crippen LogP contribution is 2.29. The topological polar surface area (TPSA) is 58.1 Å². The molecule has 134 valence electrons. The lowest BCUT2D eigenvalue weighted by Gasteiger charge is -2.17. The zero-order chi connectivity index (χ0) is 18.4. The smallest absolute Gasteiger partial charge is 0.358 e. The number of rotatable bonds is 6. The highest BCUT2D eigenvalue weighted by Gasteiger charge is 2.30. The number of benzene rings is 1. The molecule has 0 fully saturated rings. The third-order valence-corrected chi connectivity index (χ3v) is 3.58. The lowest BCUT2D eigenvalue weighted by molar-refractivity contribution is -0.137. The number of halogens is 3. The highest BCUT2D eigenvalue weighted by molar-refractivity contribution is 6.02. The third-order valence-electron chi connectivity index (χ3n) is 3.58. The molecule has 5 nitrogen and oxygen atoms in total. The minimum atomic E-state index is -4.41. The van der Waals surface area contributed by atoms with Crippen LogP contribution in [0.3, 0.4) is 0 Å². The molecule has 2 rings (SSSR count). The number of amides is 1. The maximum atomic E-state index is 12.5. The van der Waals surface area contributed by atoms with Crippen molar-refractivity contribution in [2.75, 3.05) is 23.8 Å². The van der Waals surface area contributed by atoms with E-state index in [0.29, 0.717) is 5.82 Å². The third kappa shape index (κ3) is 5.17. The zero-order valence-electron chi connectivity index (χ0n) is 14.0. The van der Waals surface area contributed by atoms with Gasteiger partial charge in [0.05, 0.1) is 18.0 Å². The standard InChI is InChI=1S/C17H19F3N4O/c1-3-4-9-24(2)15-11-21-14(10-22-15)16(25)23-13-7-5-12(6-8-13)17(18,19)20/h5-8,10-11H,3-4,9H2,1-2H3,(H,23,25). The second kappa shape index (κ2) is 7.96. The molecular formula is C17H19F3N4O. The van der Waals surface area contributed by atoms with Gasteiger partial charge in [-0.15, -0.1) is 0 Å². The van der Waals surface area contributed by atoms with Crippen molar-refractivity contribution in [2.45, 2.75) is 25.9 Å². The number of nitrogens with zero attached hydrogens (tertiary/aromatic N) is 3. The van der Waals surface area contributed by atoms with Crippen LogP contribution >= 0.6 is 0 Å². The van der Waals surface area contributed by atoms with Crippen molar-refractivity contribution >= 4 is 17.4 Å². The average molecular weight is 352 g/mol. The summed E-state index contributed by atoms with van der Waals surface area (Å²) < 4.78 is 37.6. The van der Waals surface area contributed by atoms with E-state index >= 15 is 0 Å². The molecule has 0 saturated heterocycles.